The molecule has 6 heteroatoms. The second-order valence-electron chi connectivity index (χ2n) is 5.73. The average molecular weight is 331 g/mol. The largest absolute Gasteiger partial charge is 0.395 e. The number of nitrogens with zero attached hydrogens (tertiary/aromatic N) is 3. The van der Waals surface area contributed by atoms with Gasteiger partial charge in [-0.25, -0.2) is 4.98 Å². The molecule has 3 rings (SSSR count). The minimum absolute atomic E-state index is 0.0729. The average Bonchev–Trinajstić information content (AvgIpc) is 3.02. The van der Waals surface area contributed by atoms with Crippen molar-refractivity contribution in [2.75, 3.05) is 39.3 Å². The standard InChI is InChI=1S/C17H21N3O2S/c1-13-12-23-16(18-13)14-3-2-4-15(11-14)17(22)20-7-5-19(6-8-20)9-10-21/h2-4,11-12,21H,5-10H2,1H3. The summed E-state index contributed by atoms with van der Waals surface area (Å²) in [6.45, 7) is 5.87. The molecule has 1 aliphatic heterocycles. The molecular weight excluding hydrogens is 310 g/mol. The number of β-amino-alcohol motifs (C(OH)–C–C–N with tert-alkyl or cyclic N) is 1. The molecule has 0 atom stereocenters. The van der Waals surface area contributed by atoms with E-state index in [1.165, 1.54) is 0 Å². The molecule has 1 aromatic carbocycles. The number of aryl methyl sites for hydroxylation is 1. The first-order valence-corrected chi connectivity index (χ1v) is 8.70. The minimum Gasteiger partial charge on any atom is -0.395 e. The zero-order chi connectivity index (χ0) is 16.2. The Bertz CT molecular complexity index is 678. The minimum atomic E-state index is 0.0729. The zero-order valence-corrected chi connectivity index (χ0v) is 14.1. The van der Waals surface area contributed by atoms with Crippen molar-refractivity contribution in [1.29, 1.82) is 0 Å². The van der Waals surface area contributed by atoms with Crippen LogP contribution in [0.2, 0.25) is 0 Å². The van der Waals surface area contributed by atoms with E-state index in [4.69, 9.17) is 5.11 Å². The molecular formula is C17H21N3O2S. The third-order valence-corrected chi connectivity index (χ3v) is 5.06. The van der Waals surface area contributed by atoms with Gasteiger partial charge < -0.3 is 10.0 Å². The molecule has 0 saturated carbocycles. The third kappa shape index (κ3) is 3.77. The van der Waals surface area contributed by atoms with Crippen LogP contribution in [0, 0.1) is 6.92 Å². The van der Waals surface area contributed by atoms with Crippen LogP contribution in [0.4, 0.5) is 0 Å². The number of piperazine rings is 1. The van der Waals surface area contributed by atoms with Crippen LogP contribution in [0.5, 0.6) is 0 Å². The van der Waals surface area contributed by atoms with Crippen molar-refractivity contribution in [2.24, 2.45) is 0 Å². The van der Waals surface area contributed by atoms with Crippen molar-refractivity contribution < 1.29 is 9.90 Å². The molecule has 0 spiro atoms. The number of benzene rings is 1. The second kappa shape index (κ2) is 7.21. The van der Waals surface area contributed by atoms with Gasteiger partial charge in [-0.15, -0.1) is 11.3 Å². The van der Waals surface area contributed by atoms with Gasteiger partial charge in [-0.2, -0.15) is 0 Å². The molecule has 0 aliphatic carbocycles. The monoisotopic (exact) mass is 331 g/mol. The van der Waals surface area contributed by atoms with E-state index in [0.717, 1.165) is 29.4 Å². The molecule has 1 saturated heterocycles. The molecule has 1 aliphatic rings. The Labute approximate surface area is 140 Å². The highest BCUT2D eigenvalue weighted by atomic mass is 32.1. The van der Waals surface area contributed by atoms with E-state index in [1.807, 2.05) is 41.5 Å². The topological polar surface area (TPSA) is 56.7 Å². The lowest BCUT2D eigenvalue weighted by Gasteiger charge is -2.34. The van der Waals surface area contributed by atoms with E-state index in [0.29, 0.717) is 25.2 Å². The number of aliphatic hydroxyl groups is 1. The highest BCUT2D eigenvalue weighted by molar-refractivity contribution is 7.13. The van der Waals surface area contributed by atoms with Crippen molar-refractivity contribution in [3.05, 3.63) is 40.9 Å². The van der Waals surface area contributed by atoms with E-state index in [-0.39, 0.29) is 12.5 Å². The van der Waals surface area contributed by atoms with Crippen molar-refractivity contribution in [3.63, 3.8) is 0 Å². The number of hydrogen-bond donors (Lipinski definition) is 1. The molecule has 0 unspecified atom stereocenters. The van der Waals surface area contributed by atoms with Crippen LogP contribution in [-0.4, -0.2) is 65.1 Å². The Hall–Kier alpha value is -1.76. The molecule has 0 radical (unpaired) electrons. The molecule has 0 bridgehead atoms. The summed E-state index contributed by atoms with van der Waals surface area (Å²) in [7, 11) is 0. The van der Waals surface area contributed by atoms with E-state index < -0.39 is 0 Å². The van der Waals surface area contributed by atoms with Crippen LogP contribution in [-0.2, 0) is 0 Å². The molecule has 2 aromatic rings. The fraction of sp³-hybridized carbons (Fsp3) is 0.412. The number of carbonyl (C=O) groups excluding carboxylic acids is 1. The lowest BCUT2D eigenvalue weighted by atomic mass is 10.1. The summed E-state index contributed by atoms with van der Waals surface area (Å²) < 4.78 is 0. The highest BCUT2D eigenvalue weighted by Gasteiger charge is 2.22. The summed E-state index contributed by atoms with van der Waals surface area (Å²) in [6.07, 6.45) is 0. The summed E-state index contributed by atoms with van der Waals surface area (Å²) in [5, 5.41) is 12.0. The van der Waals surface area contributed by atoms with E-state index >= 15 is 0 Å². The van der Waals surface area contributed by atoms with Gasteiger partial charge in [0.15, 0.2) is 0 Å². The fourth-order valence-electron chi connectivity index (χ4n) is 2.77. The highest BCUT2D eigenvalue weighted by Crippen LogP contribution is 2.24. The van der Waals surface area contributed by atoms with Crippen LogP contribution < -0.4 is 0 Å². The third-order valence-electron chi connectivity index (χ3n) is 4.05. The van der Waals surface area contributed by atoms with Crippen molar-refractivity contribution in [1.82, 2.24) is 14.8 Å². The van der Waals surface area contributed by atoms with Crippen molar-refractivity contribution in [2.45, 2.75) is 6.92 Å². The molecule has 5 nitrogen and oxygen atoms in total. The van der Waals surface area contributed by atoms with Gasteiger partial charge in [-0.1, -0.05) is 12.1 Å². The Kier molecular flexibility index (Phi) is 5.05. The maximum Gasteiger partial charge on any atom is 0.253 e. The SMILES string of the molecule is Cc1csc(-c2cccc(C(=O)N3CCN(CCO)CC3)c2)n1. The number of thiazole rings is 1. The van der Waals surface area contributed by atoms with E-state index in [1.54, 1.807) is 11.3 Å². The maximum atomic E-state index is 12.7. The summed E-state index contributed by atoms with van der Waals surface area (Å²) in [5.41, 5.74) is 2.71. The van der Waals surface area contributed by atoms with Crippen molar-refractivity contribution in [3.8, 4) is 10.6 Å². The number of hydrogen-bond acceptors (Lipinski definition) is 5. The fourth-order valence-corrected chi connectivity index (χ4v) is 3.57. The smallest absolute Gasteiger partial charge is 0.253 e. The Balaban J connectivity index is 1.71. The number of carbonyl (C=O) groups is 1. The van der Waals surface area contributed by atoms with Gasteiger partial charge in [-0.05, 0) is 19.1 Å². The van der Waals surface area contributed by atoms with Crippen LogP contribution >= 0.6 is 11.3 Å². The lowest BCUT2D eigenvalue weighted by Crippen LogP contribution is -2.49. The van der Waals surface area contributed by atoms with E-state index in [9.17, 15) is 4.79 Å². The molecule has 1 aromatic heterocycles. The summed E-state index contributed by atoms with van der Waals surface area (Å²) in [4.78, 5) is 21.2. The second-order valence-corrected chi connectivity index (χ2v) is 6.59. The quantitative estimate of drug-likeness (QED) is 0.929. The normalized spacial score (nSPS) is 15.8. The molecule has 1 fully saturated rings. The maximum absolute atomic E-state index is 12.7. The van der Waals surface area contributed by atoms with Gasteiger partial charge in [0.25, 0.3) is 5.91 Å². The first-order valence-electron chi connectivity index (χ1n) is 7.82. The van der Waals surface area contributed by atoms with Gasteiger partial charge in [0, 0.05) is 54.9 Å². The Morgan fingerprint density at radius 3 is 2.74 bits per heavy atom. The zero-order valence-electron chi connectivity index (χ0n) is 13.2. The summed E-state index contributed by atoms with van der Waals surface area (Å²) in [5.74, 6) is 0.0729. The van der Waals surface area contributed by atoms with Crippen LogP contribution in [0.3, 0.4) is 0 Å². The molecule has 1 amide bonds. The van der Waals surface area contributed by atoms with Crippen LogP contribution in [0.1, 0.15) is 16.1 Å². The molecule has 2 heterocycles. The number of amides is 1. The Morgan fingerprint density at radius 1 is 1.30 bits per heavy atom. The van der Waals surface area contributed by atoms with E-state index in [2.05, 4.69) is 9.88 Å². The number of aromatic nitrogens is 1. The Morgan fingerprint density at radius 2 is 2.09 bits per heavy atom. The number of aliphatic hydroxyl groups excluding tert-OH is 1. The van der Waals surface area contributed by atoms with Gasteiger partial charge in [-0.3, -0.25) is 9.69 Å². The summed E-state index contributed by atoms with van der Waals surface area (Å²) >= 11 is 1.60. The predicted molar refractivity (Wildman–Crippen MR) is 91.7 cm³/mol. The first kappa shape index (κ1) is 16.1. The number of rotatable bonds is 4. The van der Waals surface area contributed by atoms with Gasteiger partial charge in [0.1, 0.15) is 5.01 Å². The van der Waals surface area contributed by atoms with Crippen molar-refractivity contribution >= 4 is 17.2 Å². The molecule has 23 heavy (non-hydrogen) atoms. The molecule has 1 N–H and O–H groups in total. The van der Waals surface area contributed by atoms with Gasteiger partial charge in [0.2, 0.25) is 0 Å². The predicted octanol–water partition coefficient (Wildman–Crippen LogP) is 1.87. The lowest BCUT2D eigenvalue weighted by molar-refractivity contribution is 0.0615. The van der Waals surface area contributed by atoms with Gasteiger partial charge >= 0.3 is 0 Å². The van der Waals surface area contributed by atoms with Crippen LogP contribution in [0.25, 0.3) is 10.6 Å². The first-order chi connectivity index (χ1) is 11.2. The summed E-state index contributed by atoms with van der Waals surface area (Å²) in [6, 6.07) is 7.71. The molecule has 122 valence electrons. The van der Waals surface area contributed by atoms with Crippen LogP contribution in [0.15, 0.2) is 29.6 Å². The van der Waals surface area contributed by atoms with Gasteiger partial charge in [0.05, 0.1) is 6.61 Å².